The van der Waals surface area contributed by atoms with Crippen LogP contribution in [-0.4, -0.2) is 41.9 Å². The number of likely N-dealkylation sites (tertiary alicyclic amines) is 1. The lowest BCUT2D eigenvalue weighted by molar-refractivity contribution is 0.0549. The maximum atomic E-state index is 11.7. The lowest BCUT2D eigenvalue weighted by Gasteiger charge is -2.36. The Bertz CT molecular complexity index is 220. The molecule has 0 spiro atoms. The number of hydrogen-bond acceptors (Lipinski definition) is 3. The van der Waals surface area contributed by atoms with Crippen molar-refractivity contribution in [2.75, 3.05) is 19.8 Å². The van der Waals surface area contributed by atoms with Gasteiger partial charge in [-0.2, -0.15) is 0 Å². The third-order valence-electron chi connectivity index (χ3n) is 3.20. The third-order valence-corrected chi connectivity index (χ3v) is 3.20. The first-order valence-corrected chi connectivity index (χ1v) is 6.23. The number of hydrogen-bond donors (Lipinski definition) is 1. The third kappa shape index (κ3) is 3.67. The number of carbonyl (C=O) groups is 1. The molecule has 94 valence electrons. The molecule has 16 heavy (non-hydrogen) atoms. The maximum absolute atomic E-state index is 11.7. The number of carbonyl (C=O) groups excluding carboxylic acids is 1. The second-order valence-corrected chi connectivity index (χ2v) is 4.58. The summed E-state index contributed by atoms with van der Waals surface area (Å²) in [6.07, 6.45) is 3.52. The highest BCUT2D eigenvalue weighted by Gasteiger charge is 2.29. The van der Waals surface area contributed by atoms with Gasteiger partial charge in [0.05, 0.1) is 6.61 Å². The van der Waals surface area contributed by atoms with E-state index < -0.39 is 0 Å². The van der Waals surface area contributed by atoms with Crippen LogP contribution >= 0.6 is 0 Å². The number of ether oxygens (including phenoxy) is 1. The molecule has 0 unspecified atom stereocenters. The summed E-state index contributed by atoms with van der Waals surface area (Å²) < 4.78 is 5.19. The topological polar surface area (TPSA) is 49.8 Å². The smallest absolute Gasteiger partial charge is 0.409 e. The first-order valence-electron chi connectivity index (χ1n) is 6.23. The molecule has 1 heterocycles. The number of amides is 1. The molecule has 4 heteroatoms. The Kier molecular flexibility index (Phi) is 5.60. The zero-order chi connectivity index (χ0) is 12.0. The van der Waals surface area contributed by atoms with Gasteiger partial charge in [0.15, 0.2) is 0 Å². The molecule has 1 aliphatic rings. The molecule has 0 bridgehead atoms. The Morgan fingerprint density at radius 1 is 1.56 bits per heavy atom. The van der Waals surface area contributed by atoms with E-state index >= 15 is 0 Å². The minimum atomic E-state index is -0.197. The zero-order valence-electron chi connectivity index (χ0n) is 10.3. The highest BCUT2D eigenvalue weighted by molar-refractivity contribution is 5.68. The van der Waals surface area contributed by atoms with Gasteiger partial charge in [-0.15, -0.1) is 0 Å². The van der Waals surface area contributed by atoms with Crippen molar-refractivity contribution >= 4 is 6.09 Å². The van der Waals surface area contributed by atoms with Gasteiger partial charge in [-0.1, -0.05) is 13.3 Å². The highest BCUT2D eigenvalue weighted by atomic mass is 16.6. The van der Waals surface area contributed by atoms with Crippen LogP contribution in [-0.2, 0) is 4.74 Å². The standard InChI is InChI=1S/C12H23NO3/c1-3-4-7-16-12(15)13-6-5-11(9-14)8-10(13)2/h10-11,14H,3-9H2,1-2H3/t10-,11+/m0/s1. The van der Waals surface area contributed by atoms with Crippen molar-refractivity contribution in [3.63, 3.8) is 0 Å². The molecule has 2 atom stereocenters. The number of piperidine rings is 1. The van der Waals surface area contributed by atoms with Crippen molar-refractivity contribution < 1.29 is 14.6 Å². The highest BCUT2D eigenvalue weighted by Crippen LogP contribution is 2.22. The molecule has 0 radical (unpaired) electrons. The van der Waals surface area contributed by atoms with E-state index in [-0.39, 0.29) is 18.7 Å². The van der Waals surface area contributed by atoms with Crippen LogP contribution in [0.15, 0.2) is 0 Å². The predicted molar refractivity (Wildman–Crippen MR) is 62.2 cm³/mol. The molecule has 1 amide bonds. The molecule has 1 saturated heterocycles. The number of aliphatic hydroxyl groups excluding tert-OH is 1. The Hall–Kier alpha value is -0.770. The van der Waals surface area contributed by atoms with Crippen molar-refractivity contribution in [3.8, 4) is 0 Å². The van der Waals surface area contributed by atoms with Crippen molar-refractivity contribution in [2.45, 2.75) is 45.6 Å². The molecular formula is C12H23NO3. The summed E-state index contributed by atoms with van der Waals surface area (Å²) in [6, 6.07) is 0.181. The van der Waals surface area contributed by atoms with E-state index in [9.17, 15) is 4.79 Å². The van der Waals surface area contributed by atoms with Crippen LogP contribution in [0.1, 0.15) is 39.5 Å². The zero-order valence-corrected chi connectivity index (χ0v) is 10.3. The van der Waals surface area contributed by atoms with Crippen LogP contribution in [0.4, 0.5) is 4.79 Å². The van der Waals surface area contributed by atoms with E-state index in [1.807, 2.05) is 6.92 Å². The number of rotatable bonds is 4. The van der Waals surface area contributed by atoms with E-state index in [1.165, 1.54) is 0 Å². The summed E-state index contributed by atoms with van der Waals surface area (Å²) in [5.41, 5.74) is 0. The van der Waals surface area contributed by atoms with Crippen LogP contribution in [0, 0.1) is 5.92 Å². The van der Waals surface area contributed by atoms with Gasteiger partial charge in [-0.25, -0.2) is 4.79 Å². The van der Waals surface area contributed by atoms with Gasteiger partial charge in [0.2, 0.25) is 0 Å². The van der Waals surface area contributed by atoms with Gasteiger partial charge in [-0.05, 0) is 32.1 Å². The lowest BCUT2D eigenvalue weighted by Crippen LogP contribution is -2.45. The fraction of sp³-hybridized carbons (Fsp3) is 0.917. The van der Waals surface area contributed by atoms with Gasteiger partial charge >= 0.3 is 6.09 Å². The van der Waals surface area contributed by atoms with Crippen molar-refractivity contribution in [3.05, 3.63) is 0 Å². The van der Waals surface area contributed by atoms with Crippen LogP contribution in [0.2, 0.25) is 0 Å². The van der Waals surface area contributed by atoms with Crippen molar-refractivity contribution in [1.82, 2.24) is 4.90 Å². The van der Waals surface area contributed by atoms with Gasteiger partial charge in [0.25, 0.3) is 0 Å². The van der Waals surface area contributed by atoms with Gasteiger partial charge in [0.1, 0.15) is 0 Å². The van der Waals surface area contributed by atoms with Crippen LogP contribution in [0.25, 0.3) is 0 Å². The summed E-state index contributed by atoms with van der Waals surface area (Å²) >= 11 is 0. The van der Waals surface area contributed by atoms with Crippen LogP contribution in [0.3, 0.4) is 0 Å². The largest absolute Gasteiger partial charge is 0.449 e. The van der Waals surface area contributed by atoms with Crippen LogP contribution in [0.5, 0.6) is 0 Å². The molecule has 0 saturated carbocycles. The number of nitrogens with zero attached hydrogens (tertiary/aromatic N) is 1. The summed E-state index contributed by atoms with van der Waals surface area (Å²) in [6.45, 7) is 5.54. The maximum Gasteiger partial charge on any atom is 0.409 e. The number of aliphatic hydroxyl groups is 1. The Balaban J connectivity index is 2.33. The van der Waals surface area contributed by atoms with Gasteiger partial charge in [-0.3, -0.25) is 0 Å². The average Bonchev–Trinajstić information content (AvgIpc) is 2.29. The van der Waals surface area contributed by atoms with E-state index in [4.69, 9.17) is 9.84 Å². The molecule has 4 nitrogen and oxygen atoms in total. The quantitative estimate of drug-likeness (QED) is 0.750. The first-order chi connectivity index (χ1) is 7.69. The van der Waals surface area contributed by atoms with Gasteiger partial charge in [0, 0.05) is 19.2 Å². The monoisotopic (exact) mass is 229 g/mol. The Morgan fingerprint density at radius 2 is 2.31 bits per heavy atom. The minimum absolute atomic E-state index is 0.181. The average molecular weight is 229 g/mol. The molecule has 0 aromatic heterocycles. The SMILES string of the molecule is CCCCOC(=O)N1CC[C@@H](CO)C[C@@H]1C. The fourth-order valence-corrected chi connectivity index (χ4v) is 2.09. The summed E-state index contributed by atoms with van der Waals surface area (Å²) in [5, 5.41) is 9.07. The van der Waals surface area contributed by atoms with E-state index in [2.05, 4.69) is 6.92 Å². The van der Waals surface area contributed by atoms with E-state index in [0.717, 1.165) is 25.7 Å². The molecule has 1 fully saturated rings. The molecule has 1 rings (SSSR count). The van der Waals surface area contributed by atoms with Crippen LogP contribution < -0.4 is 0 Å². The molecule has 0 aromatic carbocycles. The summed E-state index contributed by atoms with van der Waals surface area (Å²) in [5.74, 6) is 0.342. The predicted octanol–water partition coefficient (Wildman–Crippen LogP) is 2.02. The lowest BCUT2D eigenvalue weighted by atomic mass is 9.93. The Morgan fingerprint density at radius 3 is 2.88 bits per heavy atom. The molecular weight excluding hydrogens is 206 g/mol. The Labute approximate surface area is 97.6 Å². The molecule has 1 N–H and O–H groups in total. The second kappa shape index (κ2) is 6.74. The van der Waals surface area contributed by atoms with E-state index in [1.54, 1.807) is 4.90 Å². The molecule has 0 aliphatic carbocycles. The van der Waals surface area contributed by atoms with Gasteiger partial charge < -0.3 is 14.7 Å². The molecule has 0 aromatic rings. The normalized spacial score (nSPS) is 25.6. The second-order valence-electron chi connectivity index (χ2n) is 4.58. The fourth-order valence-electron chi connectivity index (χ4n) is 2.09. The number of unbranched alkanes of at least 4 members (excludes halogenated alkanes) is 1. The summed E-state index contributed by atoms with van der Waals surface area (Å²) in [7, 11) is 0. The first kappa shape index (κ1) is 13.3. The minimum Gasteiger partial charge on any atom is -0.449 e. The van der Waals surface area contributed by atoms with Crippen molar-refractivity contribution in [2.24, 2.45) is 5.92 Å². The van der Waals surface area contributed by atoms with E-state index in [0.29, 0.717) is 19.1 Å². The van der Waals surface area contributed by atoms with Crippen molar-refractivity contribution in [1.29, 1.82) is 0 Å². The summed E-state index contributed by atoms with van der Waals surface area (Å²) in [4.78, 5) is 13.5. The molecule has 1 aliphatic heterocycles.